The molecule has 0 spiro atoms. The molecule has 1 unspecified atom stereocenters. The third-order valence-corrected chi connectivity index (χ3v) is 8.15. The molecule has 0 aliphatic heterocycles. The molecular formula is C31H37Cl2N3O4S. The molecule has 0 aromatic heterocycles. The summed E-state index contributed by atoms with van der Waals surface area (Å²) >= 11 is 12.6. The van der Waals surface area contributed by atoms with Crippen LogP contribution in [0.4, 0.5) is 5.69 Å². The SMILES string of the molecule is Cc1ccc(C)c(N(CC(=O)N(Cc2ccc(Cl)cc2Cl)C(Cc2ccccc2)C(=O)NC(C)(C)C)S(C)(=O)=O)c1. The number of aryl methyl sites for hydroxylation is 2. The summed E-state index contributed by atoms with van der Waals surface area (Å²) in [6, 6.07) is 18.8. The van der Waals surface area contributed by atoms with E-state index in [4.69, 9.17) is 23.2 Å². The summed E-state index contributed by atoms with van der Waals surface area (Å²) in [5.41, 5.74) is 2.80. The summed E-state index contributed by atoms with van der Waals surface area (Å²) in [5, 5.41) is 3.76. The molecule has 0 aliphatic rings. The van der Waals surface area contributed by atoms with E-state index >= 15 is 0 Å². The van der Waals surface area contributed by atoms with E-state index in [0.717, 1.165) is 21.7 Å². The third-order valence-electron chi connectivity index (χ3n) is 6.44. The molecule has 0 fully saturated rings. The summed E-state index contributed by atoms with van der Waals surface area (Å²) in [6.45, 7) is 8.69. The highest BCUT2D eigenvalue weighted by molar-refractivity contribution is 7.92. The van der Waals surface area contributed by atoms with Crippen molar-refractivity contribution < 1.29 is 18.0 Å². The number of carbonyl (C=O) groups excluding carboxylic acids is 2. The number of rotatable bonds is 10. The molecule has 0 aliphatic carbocycles. The molecule has 1 N–H and O–H groups in total. The Labute approximate surface area is 253 Å². The molecule has 3 aromatic rings. The second-order valence-corrected chi connectivity index (χ2v) is 14.0. The quantitative estimate of drug-likeness (QED) is 0.305. The zero-order valence-electron chi connectivity index (χ0n) is 24.2. The molecule has 0 radical (unpaired) electrons. The number of benzene rings is 3. The van der Waals surface area contributed by atoms with Gasteiger partial charge in [0.05, 0.1) is 11.9 Å². The first-order valence-electron chi connectivity index (χ1n) is 13.2. The van der Waals surface area contributed by atoms with Crippen LogP contribution in [0.5, 0.6) is 0 Å². The Morgan fingerprint density at radius 1 is 0.951 bits per heavy atom. The Kier molecular flexibility index (Phi) is 10.5. The monoisotopic (exact) mass is 617 g/mol. The van der Waals surface area contributed by atoms with Gasteiger partial charge in [-0.2, -0.15) is 0 Å². The van der Waals surface area contributed by atoms with Crippen LogP contribution in [0.3, 0.4) is 0 Å². The van der Waals surface area contributed by atoms with E-state index < -0.39 is 34.1 Å². The molecule has 3 rings (SSSR count). The van der Waals surface area contributed by atoms with Crippen LogP contribution < -0.4 is 9.62 Å². The number of nitrogens with zero attached hydrogens (tertiary/aromatic N) is 2. The van der Waals surface area contributed by atoms with Gasteiger partial charge in [0.15, 0.2) is 0 Å². The smallest absolute Gasteiger partial charge is 0.244 e. The van der Waals surface area contributed by atoms with E-state index in [1.165, 1.54) is 4.90 Å². The first kappa shape index (κ1) is 32.4. The van der Waals surface area contributed by atoms with Gasteiger partial charge in [0.1, 0.15) is 12.6 Å². The van der Waals surface area contributed by atoms with Gasteiger partial charge in [-0.1, -0.05) is 71.7 Å². The standard InChI is InChI=1S/C31H37Cl2N3O4S/c1-21-12-13-22(2)27(16-21)36(41(6,39)40)20-29(37)35(19-24-14-15-25(32)18-26(24)33)28(30(38)34-31(3,4)5)17-23-10-8-7-9-11-23/h7-16,18,28H,17,19-20H2,1-6H3,(H,34,38). The van der Waals surface area contributed by atoms with Crippen molar-refractivity contribution in [3.63, 3.8) is 0 Å². The maximum absolute atomic E-state index is 14.2. The van der Waals surface area contributed by atoms with Crippen molar-refractivity contribution in [1.82, 2.24) is 10.2 Å². The fourth-order valence-electron chi connectivity index (χ4n) is 4.42. The van der Waals surface area contributed by atoms with Crippen LogP contribution in [0.25, 0.3) is 0 Å². The Morgan fingerprint density at radius 3 is 2.20 bits per heavy atom. The van der Waals surface area contributed by atoms with Crippen LogP contribution in [0.2, 0.25) is 10.0 Å². The van der Waals surface area contributed by atoms with Crippen LogP contribution >= 0.6 is 23.2 Å². The van der Waals surface area contributed by atoms with Gasteiger partial charge in [-0.25, -0.2) is 8.42 Å². The lowest BCUT2D eigenvalue weighted by Gasteiger charge is -2.35. The average molecular weight is 619 g/mol. The molecule has 3 aromatic carbocycles. The summed E-state index contributed by atoms with van der Waals surface area (Å²) in [4.78, 5) is 29.4. The number of carbonyl (C=O) groups is 2. The molecule has 0 bridgehead atoms. The van der Waals surface area contributed by atoms with Gasteiger partial charge < -0.3 is 10.2 Å². The lowest BCUT2D eigenvalue weighted by molar-refractivity contribution is -0.140. The van der Waals surface area contributed by atoms with Crippen molar-refractivity contribution in [2.75, 3.05) is 17.1 Å². The van der Waals surface area contributed by atoms with Crippen molar-refractivity contribution >= 4 is 50.7 Å². The molecule has 220 valence electrons. The summed E-state index contributed by atoms with van der Waals surface area (Å²) in [6.07, 6.45) is 1.28. The van der Waals surface area contributed by atoms with Gasteiger partial charge in [-0.3, -0.25) is 13.9 Å². The molecule has 7 nitrogen and oxygen atoms in total. The molecule has 41 heavy (non-hydrogen) atoms. The van der Waals surface area contributed by atoms with Gasteiger partial charge in [-0.05, 0) is 75.1 Å². The number of hydrogen-bond acceptors (Lipinski definition) is 4. The Morgan fingerprint density at radius 2 is 1.61 bits per heavy atom. The van der Waals surface area contributed by atoms with E-state index in [1.807, 2.05) is 70.2 Å². The number of amides is 2. The van der Waals surface area contributed by atoms with Crippen molar-refractivity contribution in [3.8, 4) is 0 Å². The lowest BCUT2D eigenvalue weighted by atomic mass is 10.0. The summed E-state index contributed by atoms with van der Waals surface area (Å²) in [7, 11) is -3.86. The Hall–Kier alpha value is -3.07. The number of hydrogen-bond donors (Lipinski definition) is 1. The van der Waals surface area contributed by atoms with Crippen molar-refractivity contribution in [2.45, 2.75) is 59.2 Å². The van der Waals surface area contributed by atoms with Crippen LogP contribution in [0, 0.1) is 13.8 Å². The van der Waals surface area contributed by atoms with E-state index in [9.17, 15) is 18.0 Å². The minimum Gasteiger partial charge on any atom is -0.350 e. The molecule has 2 amide bonds. The van der Waals surface area contributed by atoms with E-state index in [0.29, 0.717) is 26.9 Å². The van der Waals surface area contributed by atoms with Crippen molar-refractivity contribution in [3.05, 3.63) is 99.0 Å². The molecule has 0 saturated heterocycles. The first-order chi connectivity index (χ1) is 19.0. The highest BCUT2D eigenvalue weighted by Gasteiger charge is 2.35. The second kappa shape index (κ2) is 13.3. The highest BCUT2D eigenvalue weighted by Crippen LogP contribution is 2.27. The van der Waals surface area contributed by atoms with E-state index in [-0.39, 0.29) is 18.9 Å². The molecule has 0 saturated carbocycles. The van der Waals surface area contributed by atoms with Crippen molar-refractivity contribution in [1.29, 1.82) is 0 Å². The summed E-state index contributed by atoms with van der Waals surface area (Å²) < 4.78 is 27.1. The fraction of sp³-hybridized carbons (Fsp3) is 0.355. The van der Waals surface area contributed by atoms with Crippen LogP contribution in [-0.2, 0) is 32.6 Å². The van der Waals surface area contributed by atoms with Gasteiger partial charge in [0.25, 0.3) is 0 Å². The summed E-state index contributed by atoms with van der Waals surface area (Å²) in [5.74, 6) is -0.912. The number of sulfonamides is 1. The minimum absolute atomic E-state index is 0.0334. The number of nitrogens with one attached hydrogen (secondary N) is 1. The Balaban J connectivity index is 2.13. The van der Waals surface area contributed by atoms with Crippen molar-refractivity contribution in [2.24, 2.45) is 0 Å². The third kappa shape index (κ3) is 9.21. The molecular weight excluding hydrogens is 581 g/mol. The zero-order chi connectivity index (χ0) is 30.5. The number of anilines is 1. The molecule has 10 heteroatoms. The van der Waals surface area contributed by atoms with E-state index in [1.54, 1.807) is 31.2 Å². The fourth-order valence-corrected chi connectivity index (χ4v) is 5.79. The first-order valence-corrected chi connectivity index (χ1v) is 15.8. The van der Waals surface area contributed by atoms with Crippen LogP contribution in [0.15, 0.2) is 66.7 Å². The predicted molar refractivity (Wildman–Crippen MR) is 167 cm³/mol. The normalized spacial score (nSPS) is 12.5. The van der Waals surface area contributed by atoms with Gasteiger partial charge in [0.2, 0.25) is 21.8 Å². The lowest BCUT2D eigenvalue weighted by Crippen LogP contribution is -2.56. The predicted octanol–water partition coefficient (Wildman–Crippen LogP) is 5.93. The second-order valence-electron chi connectivity index (χ2n) is 11.3. The average Bonchev–Trinajstić information content (AvgIpc) is 2.86. The maximum Gasteiger partial charge on any atom is 0.244 e. The van der Waals surface area contributed by atoms with Gasteiger partial charge in [0, 0.05) is 28.5 Å². The highest BCUT2D eigenvalue weighted by atomic mass is 35.5. The number of halogens is 2. The van der Waals surface area contributed by atoms with Crippen LogP contribution in [-0.4, -0.2) is 49.5 Å². The largest absolute Gasteiger partial charge is 0.350 e. The van der Waals surface area contributed by atoms with Crippen LogP contribution in [0.1, 0.15) is 43.0 Å². The topological polar surface area (TPSA) is 86.8 Å². The minimum atomic E-state index is -3.86. The zero-order valence-corrected chi connectivity index (χ0v) is 26.6. The van der Waals surface area contributed by atoms with Gasteiger partial charge in [-0.15, -0.1) is 0 Å². The van der Waals surface area contributed by atoms with E-state index in [2.05, 4.69) is 5.32 Å². The molecule has 0 heterocycles. The Bertz CT molecular complexity index is 1510. The van der Waals surface area contributed by atoms with Gasteiger partial charge >= 0.3 is 0 Å². The maximum atomic E-state index is 14.2. The molecule has 1 atom stereocenters.